The van der Waals surface area contributed by atoms with Crippen LogP contribution in [0.25, 0.3) is 0 Å². The minimum atomic E-state index is 0. The third-order valence-electron chi connectivity index (χ3n) is 2.31. The fourth-order valence-corrected chi connectivity index (χ4v) is 1.78. The van der Waals surface area contributed by atoms with Crippen molar-refractivity contribution in [1.82, 2.24) is 0 Å². The van der Waals surface area contributed by atoms with E-state index >= 15 is 0 Å². The van der Waals surface area contributed by atoms with Gasteiger partial charge in [-0.15, -0.1) is 0 Å². The van der Waals surface area contributed by atoms with Crippen LogP contribution in [0.2, 0.25) is 0 Å². The summed E-state index contributed by atoms with van der Waals surface area (Å²) in [4.78, 5) is 3.21. The van der Waals surface area contributed by atoms with Crippen LogP contribution in [0.4, 0.5) is 0 Å². The number of hydrogen-bond acceptors (Lipinski definition) is 1. The molecule has 1 aliphatic carbocycles. The molecule has 3 heteroatoms. The van der Waals surface area contributed by atoms with Crippen molar-refractivity contribution in [2.24, 2.45) is 5.41 Å². The molecule has 0 aromatic carbocycles. The molecule has 0 saturated heterocycles. The van der Waals surface area contributed by atoms with Crippen LogP contribution in [-0.4, -0.2) is 19.4 Å². The molecule has 1 rings (SSSR count). The lowest BCUT2D eigenvalue weighted by Gasteiger charge is -2.27. The Morgan fingerprint density at radius 3 is 2.57 bits per heavy atom. The Hall–Kier alpha value is -0.0600. The van der Waals surface area contributed by atoms with Crippen molar-refractivity contribution in [3.8, 4) is 0 Å². The van der Waals surface area contributed by atoms with E-state index in [0.29, 0.717) is 5.41 Å². The van der Waals surface area contributed by atoms with Crippen molar-refractivity contribution in [2.75, 3.05) is 13.7 Å². The molecule has 0 aromatic heterocycles. The third-order valence-corrected chi connectivity index (χ3v) is 2.31. The molecule has 2 nitrogen and oxygen atoms in total. The largest absolute Gasteiger partial charge is 1.00 e. The van der Waals surface area contributed by atoms with E-state index in [-0.39, 0.29) is 24.0 Å². The molecule has 0 atom stereocenters. The fraction of sp³-hybridized carbons (Fsp3) is 0.727. The van der Waals surface area contributed by atoms with Crippen LogP contribution in [0.3, 0.4) is 0 Å². The van der Waals surface area contributed by atoms with E-state index in [9.17, 15) is 0 Å². The zero-order valence-corrected chi connectivity index (χ0v) is 11.6. The lowest BCUT2D eigenvalue weighted by molar-refractivity contribution is -0.421. The van der Waals surface area contributed by atoms with Crippen LogP contribution in [0.15, 0.2) is 11.8 Å². The second-order valence-electron chi connectivity index (χ2n) is 4.34. The maximum Gasteiger partial charge on any atom is 0.178 e. The zero-order chi connectivity index (χ0) is 9.90. The number of hydrogen-bond donors (Lipinski definition) is 1. The number of rotatable bonds is 2. The highest BCUT2D eigenvalue weighted by molar-refractivity contribution is 5.91. The number of halogens is 1. The van der Waals surface area contributed by atoms with Gasteiger partial charge in [0, 0.05) is 18.9 Å². The first-order valence-corrected chi connectivity index (χ1v) is 4.94. The molecule has 0 fully saturated rings. The van der Waals surface area contributed by atoms with Gasteiger partial charge in [-0.2, -0.15) is 0 Å². The summed E-state index contributed by atoms with van der Waals surface area (Å²) in [7, 11) is 1.97. The number of ether oxygens (including phenoxy) is 1. The Morgan fingerprint density at radius 2 is 2.07 bits per heavy atom. The Labute approximate surface area is 104 Å². The predicted octanol–water partition coefficient (Wildman–Crippen LogP) is -2.12. The second kappa shape index (κ2) is 5.73. The zero-order valence-electron chi connectivity index (χ0n) is 9.48. The molecule has 0 radical (unpaired) electrons. The smallest absolute Gasteiger partial charge is 0.178 e. The van der Waals surface area contributed by atoms with Gasteiger partial charge in [0.05, 0.1) is 6.61 Å². The summed E-state index contributed by atoms with van der Waals surface area (Å²) in [6, 6.07) is 0. The maximum absolute atomic E-state index is 5.55. The normalized spacial score (nSPS) is 22.6. The number of nitrogens with one attached hydrogen (secondary N) is 1. The van der Waals surface area contributed by atoms with Crippen molar-refractivity contribution in [2.45, 2.75) is 33.6 Å². The Kier molecular flexibility index (Phi) is 5.71. The molecule has 0 aromatic rings. The Bertz CT molecular complexity index is 244. The molecule has 14 heavy (non-hydrogen) atoms. The molecule has 0 heterocycles. The molecule has 82 valence electrons. The monoisotopic (exact) mass is 309 g/mol. The molecule has 0 saturated carbocycles. The van der Waals surface area contributed by atoms with Gasteiger partial charge in [0.25, 0.3) is 0 Å². The Morgan fingerprint density at radius 1 is 1.43 bits per heavy atom. The highest BCUT2D eigenvalue weighted by Crippen LogP contribution is 2.33. The first-order valence-electron chi connectivity index (χ1n) is 4.94. The number of allylic oxidation sites excluding steroid dienone is 2. The molecule has 1 aliphatic rings. The fourth-order valence-electron chi connectivity index (χ4n) is 1.78. The van der Waals surface area contributed by atoms with Gasteiger partial charge in [-0.25, -0.2) is 4.99 Å². The summed E-state index contributed by atoms with van der Waals surface area (Å²) < 4.78 is 5.55. The minimum Gasteiger partial charge on any atom is -1.00 e. The molecular weight excluding hydrogens is 289 g/mol. The molecule has 0 unspecified atom stereocenters. The van der Waals surface area contributed by atoms with E-state index in [1.807, 2.05) is 14.0 Å². The van der Waals surface area contributed by atoms with E-state index in [2.05, 4.69) is 24.9 Å². The van der Waals surface area contributed by atoms with E-state index in [4.69, 9.17) is 4.74 Å². The van der Waals surface area contributed by atoms with Crippen LogP contribution >= 0.6 is 0 Å². The van der Waals surface area contributed by atoms with Crippen molar-refractivity contribution in [1.29, 1.82) is 0 Å². The highest BCUT2D eigenvalue weighted by Gasteiger charge is 2.29. The van der Waals surface area contributed by atoms with Gasteiger partial charge in [-0.1, -0.05) is 13.8 Å². The van der Waals surface area contributed by atoms with Gasteiger partial charge in [-0.3, -0.25) is 0 Å². The summed E-state index contributed by atoms with van der Waals surface area (Å²) in [5.41, 5.74) is 1.61. The summed E-state index contributed by atoms with van der Waals surface area (Å²) >= 11 is 0. The van der Waals surface area contributed by atoms with Crippen molar-refractivity contribution >= 4 is 5.71 Å². The quantitative estimate of drug-likeness (QED) is 0.580. The van der Waals surface area contributed by atoms with Gasteiger partial charge in [0.15, 0.2) is 5.71 Å². The van der Waals surface area contributed by atoms with Crippen molar-refractivity contribution < 1.29 is 33.7 Å². The van der Waals surface area contributed by atoms with Crippen LogP contribution in [-0.2, 0) is 4.74 Å². The average molecular weight is 309 g/mol. The van der Waals surface area contributed by atoms with Gasteiger partial charge < -0.3 is 28.7 Å². The molecule has 0 spiro atoms. The van der Waals surface area contributed by atoms with E-state index < -0.39 is 0 Å². The standard InChI is InChI=1S/C11H19NO.HI/c1-5-13-10-6-9(12-4)7-11(2,3)8-10;/h6H,5,7-8H2,1-4H3;1H. The van der Waals surface area contributed by atoms with Crippen molar-refractivity contribution in [3.63, 3.8) is 0 Å². The summed E-state index contributed by atoms with van der Waals surface area (Å²) in [6.45, 7) is 7.34. The lowest BCUT2D eigenvalue weighted by Crippen LogP contribution is -3.00. The van der Waals surface area contributed by atoms with E-state index in [1.54, 1.807) is 0 Å². The van der Waals surface area contributed by atoms with Gasteiger partial charge in [0.2, 0.25) is 0 Å². The van der Waals surface area contributed by atoms with Gasteiger partial charge >= 0.3 is 0 Å². The lowest BCUT2D eigenvalue weighted by atomic mass is 9.79. The van der Waals surface area contributed by atoms with Crippen molar-refractivity contribution in [3.05, 3.63) is 11.8 Å². The molecule has 0 bridgehead atoms. The average Bonchev–Trinajstić information content (AvgIpc) is 2.02. The van der Waals surface area contributed by atoms with Crippen LogP contribution in [0.5, 0.6) is 0 Å². The summed E-state index contributed by atoms with van der Waals surface area (Å²) in [6.07, 6.45) is 4.29. The topological polar surface area (TPSA) is 23.2 Å². The third kappa shape index (κ3) is 3.98. The summed E-state index contributed by atoms with van der Waals surface area (Å²) in [5.74, 6) is 1.11. The minimum absolute atomic E-state index is 0. The Balaban J connectivity index is 0.00000169. The highest BCUT2D eigenvalue weighted by atomic mass is 127. The van der Waals surface area contributed by atoms with Crippen LogP contribution in [0.1, 0.15) is 33.6 Å². The van der Waals surface area contributed by atoms with Crippen LogP contribution < -0.4 is 29.0 Å². The summed E-state index contributed by atoms with van der Waals surface area (Å²) in [5, 5.41) is 0. The molecule has 0 aliphatic heterocycles. The van der Waals surface area contributed by atoms with Gasteiger partial charge in [0.1, 0.15) is 12.8 Å². The SMILES string of the molecule is CCOC1=CC(=[NH+]C)CC(C)(C)C1.[I-]. The first-order chi connectivity index (χ1) is 6.07. The molecular formula is C11H20INO. The van der Waals surface area contributed by atoms with Gasteiger partial charge in [-0.05, 0) is 12.3 Å². The second-order valence-corrected chi connectivity index (χ2v) is 4.34. The van der Waals surface area contributed by atoms with E-state index in [1.165, 1.54) is 5.71 Å². The molecule has 1 N–H and O–H groups in total. The predicted molar refractivity (Wildman–Crippen MR) is 54.6 cm³/mol. The maximum atomic E-state index is 5.55. The first kappa shape index (κ1) is 13.9. The van der Waals surface area contributed by atoms with E-state index in [0.717, 1.165) is 25.2 Å². The molecule has 0 amide bonds. The van der Waals surface area contributed by atoms with Crippen LogP contribution in [0, 0.1) is 5.41 Å².